The number of piperidine rings is 1. The maximum absolute atomic E-state index is 12.6. The van der Waals surface area contributed by atoms with Gasteiger partial charge >= 0.3 is 0 Å². The minimum absolute atomic E-state index is 0. The summed E-state index contributed by atoms with van der Waals surface area (Å²) in [4.78, 5) is 19.3. The van der Waals surface area contributed by atoms with Gasteiger partial charge in [-0.3, -0.25) is 4.79 Å². The van der Waals surface area contributed by atoms with Gasteiger partial charge in [0, 0.05) is 25.2 Å². The molecule has 0 aliphatic carbocycles. The van der Waals surface area contributed by atoms with Crippen molar-refractivity contribution in [3.05, 3.63) is 71.3 Å². The average Bonchev–Trinajstić information content (AvgIpc) is 2.78. The molecule has 1 saturated heterocycles. The van der Waals surface area contributed by atoms with Crippen molar-refractivity contribution in [3.63, 3.8) is 0 Å². The van der Waals surface area contributed by atoms with E-state index in [1.54, 1.807) is 0 Å². The predicted octanol–water partition coefficient (Wildman–Crippen LogP) is 4.75. The molecule has 1 unspecified atom stereocenters. The summed E-state index contributed by atoms with van der Waals surface area (Å²) in [6.45, 7) is 7.31. The number of likely N-dealkylation sites (tertiary alicyclic amines) is 1. The number of carbonyl (C=O) groups excluding carboxylic acids is 1. The minimum Gasteiger partial charge on any atom is -0.357 e. The molecule has 1 heterocycles. The van der Waals surface area contributed by atoms with Gasteiger partial charge in [-0.1, -0.05) is 42.5 Å². The number of guanidine groups is 1. The van der Waals surface area contributed by atoms with Crippen molar-refractivity contribution >= 4 is 35.8 Å². The fourth-order valence-electron chi connectivity index (χ4n) is 3.55. The molecule has 3 rings (SSSR count). The predicted molar refractivity (Wildman–Crippen MR) is 134 cm³/mol. The molecule has 162 valence electrons. The van der Waals surface area contributed by atoms with Crippen LogP contribution in [0.2, 0.25) is 0 Å². The van der Waals surface area contributed by atoms with Crippen LogP contribution in [-0.4, -0.2) is 36.4 Å². The molecule has 0 radical (unpaired) electrons. The number of carbonyl (C=O) groups is 1. The van der Waals surface area contributed by atoms with Crippen molar-refractivity contribution < 1.29 is 4.79 Å². The Bertz CT molecular complexity index is 802. The topological polar surface area (TPSA) is 56.7 Å². The van der Waals surface area contributed by atoms with Gasteiger partial charge in [-0.2, -0.15) is 0 Å². The Labute approximate surface area is 197 Å². The highest BCUT2D eigenvalue weighted by Crippen LogP contribution is 2.15. The lowest BCUT2D eigenvalue weighted by Gasteiger charge is -2.26. The normalized spacial score (nSPS) is 15.1. The monoisotopic (exact) mass is 520 g/mol. The molecule has 5 nitrogen and oxygen atoms in total. The van der Waals surface area contributed by atoms with Gasteiger partial charge in [0.15, 0.2) is 5.96 Å². The number of aliphatic imine (C=N–C) groups is 1. The quantitative estimate of drug-likeness (QED) is 0.329. The van der Waals surface area contributed by atoms with E-state index in [4.69, 9.17) is 4.99 Å². The van der Waals surface area contributed by atoms with E-state index < -0.39 is 0 Å². The molecule has 2 N–H and O–H groups in total. The van der Waals surface area contributed by atoms with Crippen molar-refractivity contribution in [1.82, 2.24) is 15.5 Å². The third-order valence-corrected chi connectivity index (χ3v) is 5.26. The summed E-state index contributed by atoms with van der Waals surface area (Å²) in [5.41, 5.74) is 3.07. The van der Waals surface area contributed by atoms with Crippen LogP contribution in [0.3, 0.4) is 0 Å². The number of hydrogen-bond donors (Lipinski definition) is 2. The fourth-order valence-corrected chi connectivity index (χ4v) is 3.55. The van der Waals surface area contributed by atoms with Gasteiger partial charge < -0.3 is 15.5 Å². The Kier molecular flexibility index (Phi) is 10.1. The van der Waals surface area contributed by atoms with Crippen molar-refractivity contribution in [2.45, 2.75) is 45.7 Å². The maximum Gasteiger partial charge on any atom is 0.253 e. The molecule has 1 atom stereocenters. The Morgan fingerprint density at radius 1 is 1.03 bits per heavy atom. The molecule has 1 aliphatic rings. The molecule has 30 heavy (non-hydrogen) atoms. The second-order valence-corrected chi connectivity index (χ2v) is 7.52. The largest absolute Gasteiger partial charge is 0.357 e. The second-order valence-electron chi connectivity index (χ2n) is 7.52. The van der Waals surface area contributed by atoms with Crippen molar-refractivity contribution in [3.8, 4) is 0 Å². The van der Waals surface area contributed by atoms with Crippen LogP contribution in [0.25, 0.3) is 0 Å². The van der Waals surface area contributed by atoms with E-state index >= 15 is 0 Å². The lowest BCUT2D eigenvalue weighted by atomic mass is 10.1. The second kappa shape index (κ2) is 12.6. The number of amides is 1. The third kappa shape index (κ3) is 7.00. The van der Waals surface area contributed by atoms with E-state index in [2.05, 4.69) is 36.6 Å². The van der Waals surface area contributed by atoms with Gasteiger partial charge in [0.25, 0.3) is 5.91 Å². The van der Waals surface area contributed by atoms with Gasteiger partial charge in [0.05, 0.1) is 12.6 Å². The summed E-state index contributed by atoms with van der Waals surface area (Å²) in [6, 6.07) is 18.4. The number of hydrogen-bond acceptors (Lipinski definition) is 2. The maximum atomic E-state index is 12.6. The molecule has 2 aromatic carbocycles. The summed E-state index contributed by atoms with van der Waals surface area (Å²) in [5.74, 6) is 0.934. The Hall–Kier alpha value is -2.09. The van der Waals surface area contributed by atoms with Crippen LogP contribution in [0, 0.1) is 0 Å². The fraction of sp³-hybridized carbons (Fsp3) is 0.417. The first-order valence-electron chi connectivity index (χ1n) is 10.7. The SMILES string of the molecule is CCNC(=NCc1ccc(C(=O)N2CCCCC2)cc1)NC(C)c1ccccc1.I. The van der Waals surface area contributed by atoms with Gasteiger partial charge in [0.1, 0.15) is 0 Å². The zero-order valence-electron chi connectivity index (χ0n) is 17.9. The smallest absolute Gasteiger partial charge is 0.253 e. The molecule has 0 spiro atoms. The summed E-state index contributed by atoms with van der Waals surface area (Å²) in [7, 11) is 0. The highest BCUT2D eigenvalue weighted by Gasteiger charge is 2.17. The molecule has 1 amide bonds. The summed E-state index contributed by atoms with van der Waals surface area (Å²) in [5, 5.41) is 6.76. The summed E-state index contributed by atoms with van der Waals surface area (Å²) >= 11 is 0. The van der Waals surface area contributed by atoms with Crippen LogP contribution >= 0.6 is 24.0 Å². The van der Waals surface area contributed by atoms with Gasteiger partial charge in [0.2, 0.25) is 0 Å². The van der Waals surface area contributed by atoms with Crippen LogP contribution in [-0.2, 0) is 6.54 Å². The lowest BCUT2D eigenvalue weighted by molar-refractivity contribution is 0.0724. The molecule has 6 heteroatoms. The molecule has 0 bridgehead atoms. The molecule has 0 saturated carbocycles. The summed E-state index contributed by atoms with van der Waals surface area (Å²) < 4.78 is 0. The molecular formula is C24H33IN4O. The van der Waals surface area contributed by atoms with Crippen LogP contribution in [0.5, 0.6) is 0 Å². The first-order chi connectivity index (χ1) is 14.2. The highest BCUT2D eigenvalue weighted by molar-refractivity contribution is 14.0. The Morgan fingerprint density at radius 3 is 2.33 bits per heavy atom. The number of benzene rings is 2. The molecule has 2 aromatic rings. The van der Waals surface area contributed by atoms with Crippen LogP contribution in [0.1, 0.15) is 60.6 Å². The van der Waals surface area contributed by atoms with Gasteiger partial charge in [-0.05, 0) is 56.4 Å². The Morgan fingerprint density at radius 2 is 1.70 bits per heavy atom. The van der Waals surface area contributed by atoms with Gasteiger partial charge in [-0.15, -0.1) is 24.0 Å². The van der Waals surface area contributed by atoms with Crippen LogP contribution < -0.4 is 10.6 Å². The first-order valence-corrected chi connectivity index (χ1v) is 10.7. The number of rotatable bonds is 6. The summed E-state index contributed by atoms with van der Waals surface area (Å²) in [6.07, 6.45) is 3.45. The standard InChI is InChI=1S/C24H32N4O.HI/c1-3-25-24(27-19(2)21-10-6-4-7-11-21)26-18-20-12-14-22(15-13-20)23(29)28-16-8-5-9-17-28;/h4,6-7,10-15,19H,3,5,8-9,16-18H2,1-2H3,(H2,25,26,27);1H. The van der Waals surface area contributed by atoms with Crippen LogP contribution in [0.15, 0.2) is 59.6 Å². The van der Waals surface area contributed by atoms with E-state index in [0.29, 0.717) is 6.54 Å². The zero-order chi connectivity index (χ0) is 20.5. The van der Waals surface area contributed by atoms with Crippen molar-refractivity contribution in [2.24, 2.45) is 4.99 Å². The molecule has 1 aliphatic heterocycles. The lowest BCUT2D eigenvalue weighted by Crippen LogP contribution is -2.38. The number of nitrogens with one attached hydrogen (secondary N) is 2. The average molecular weight is 520 g/mol. The first kappa shape index (κ1) is 24.2. The zero-order valence-corrected chi connectivity index (χ0v) is 20.3. The Balaban J connectivity index is 0.00000320. The van der Waals surface area contributed by atoms with E-state index in [1.165, 1.54) is 12.0 Å². The highest BCUT2D eigenvalue weighted by atomic mass is 127. The van der Waals surface area contributed by atoms with E-state index in [9.17, 15) is 4.79 Å². The third-order valence-electron chi connectivity index (χ3n) is 5.26. The van der Waals surface area contributed by atoms with Crippen molar-refractivity contribution in [2.75, 3.05) is 19.6 Å². The van der Waals surface area contributed by atoms with E-state index in [-0.39, 0.29) is 35.9 Å². The number of nitrogens with zero attached hydrogens (tertiary/aromatic N) is 2. The van der Waals surface area contributed by atoms with Crippen LogP contribution in [0.4, 0.5) is 0 Å². The molecule has 1 fully saturated rings. The van der Waals surface area contributed by atoms with Gasteiger partial charge in [-0.25, -0.2) is 4.99 Å². The van der Waals surface area contributed by atoms with E-state index in [1.807, 2.05) is 47.4 Å². The number of halogens is 1. The minimum atomic E-state index is 0. The molecule has 0 aromatic heterocycles. The molecular weight excluding hydrogens is 487 g/mol. The van der Waals surface area contributed by atoms with E-state index in [0.717, 1.165) is 49.6 Å². The van der Waals surface area contributed by atoms with Crippen molar-refractivity contribution in [1.29, 1.82) is 0 Å².